The molecule has 2 atom stereocenters. The summed E-state index contributed by atoms with van der Waals surface area (Å²) >= 11 is 0. The number of hydrogen-bond acceptors (Lipinski definition) is 3. The molecule has 0 radical (unpaired) electrons. The normalized spacial score (nSPS) is 24.7. The van der Waals surface area contributed by atoms with E-state index in [2.05, 4.69) is 36.3 Å². The van der Waals surface area contributed by atoms with E-state index < -0.39 is 0 Å². The minimum Gasteiger partial charge on any atom is -0.357 e. The third-order valence-electron chi connectivity index (χ3n) is 5.24. The van der Waals surface area contributed by atoms with E-state index >= 15 is 0 Å². The number of guanidine groups is 1. The average molecular weight is 366 g/mol. The molecule has 1 unspecified atom stereocenters. The highest BCUT2D eigenvalue weighted by Crippen LogP contribution is 2.19. The molecule has 6 heteroatoms. The van der Waals surface area contributed by atoms with Crippen molar-refractivity contribution < 1.29 is 4.79 Å². The van der Waals surface area contributed by atoms with Gasteiger partial charge in [-0.3, -0.25) is 14.7 Å². The van der Waals surface area contributed by atoms with Gasteiger partial charge in [0, 0.05) is 44.2 Å². The first kappa shape index (κ1) is 21.0. The van der Waals surface area contributed by atoms with Gasteiger partial charge in [-0.05, 0) is 38.6 Å². The fourth-order valence-corrected chi connectivity index (χ4v) is 3.96. The van der Waals surface area contributed by atoms with E-state index in [1.165, 1.54) is 25.9 Å². The second-order valence-corrected chi connectivity index (χ2v) is 8.47. The first-order valence-electron chi connectivity index (χ1n) is 10.5. The van der Waals surface area contributed by atoms with Crippen molar-refractivity contribution in [3.8, 4) is 0 Å². The molecule has 26 heavy (non-hydrogen) atoms. The summed E-state index contributed by atoms with van der Waals surface area (Å²) in [5.41, 5.74) is 0. The van der Waals surface area contributed by atoms with Gasteiger partial charge in [-0.2, -0.15) is 0 Å². The molecule has 0 aliphatic carbocycles. The second-order valence-electron chi connectivity index (χ2n) is 8.47. The Hall–Kier alpha value is -1.30. The Labute approximate surface area is 159 Å². The van der Waals surface area contributed by atoms with E-state index in [-0.39, 0.29) is 11.8 Å². The first-order chi connectivity index (χ1) is 12.4. The van der Waals surface area contributed by atoms with Crippen LogP contribution in [-0.4, -0.2) is 73.0 Å². The Kier molecular flexibility index (Phi) is 8.19. The molecule has 6 nitrogen and oxygen atoms in total. The van der Waals surface area contributed by atoms with Gasteiger partial charge < -0.3 is 15.5 Å². The molecule has 0 bridgehead atoms. The summed E-state index contributed by atoms with van der Waals surface area (Å²) in [5, 5.41) is 6.92. The molecule has 2 fully saturated rings. The van der Waals surface area contributed by atoms with Crippen LogP contribution in [0.3, 0.4) is 0 Å². The number of aliphatic imine (C=N–C) groups is 1. The number of carbonyl (C=O) groups excluding carboxylic acids is 1. The molecule has 1 amide bonds. The lowest BCUT2D eigenvalue weighted by atomic mass is 10.2. The molecule has 0 aromatic rings. The van der Waals surface area contributed by atoms with Crippen LogP contribution >= 0.6 is 0 Å². The van der Waals surface area contributed by atoms with Gasteiger partial charge in [0.25, 0.3) is 0 Å². The molecule has 0 spiro atoms. The van der Waals surface area contributed by atoms with Crippen LogP contribution in [0, 0.1) is 11.8 Å². The van der Waals surface area contributed by atoms with Gasteiger partial charge in [-0.15, -0.1) is 0 Å². The van der Waals surface area contributed by atoms with Gasteiger partial charge in [-0.25, -0.2) is 0 Å². The zero-order chi connectivity index (χ0) is 19.1. The quantitative estimate of drug-likeness (QED) is 0.535. The highest BCUT2D eigenvalue weighted by molar-refractivity contribution is 5.81. The monoisotopic (exact) mass is 365 g/mol. The molecule has 150 valence electrons. The van der Waals surface area contributed by atoms with E-state index in [1.807, 2.05) is 18.7 Å². The Morgan fingerprint density at radius 2 is 1.96 bits per heavy atom. The SMILES string of the molecule is CCNC(=NC[C@H]1CCCN1CC(C)C)NC1CCN(C(=O)C(C)C)C1. The predicted octanol–water partition coefficient (Wildman–Crippen LogP) is 1.92. The van der Waals surface area contributed by atoms with Crippen molar-refractivity contribution in [3.05, 3.63) is 0 Å². The molecule has 2 heterocycles. The zero-order valence-corrected chi connectivity index (χ0v) is 17.4. The van der Waals surface area contributed by atoms with Crippen LogP contribution in [0.2, 0.25) is 0 Å². The van der Waals surface area contributed by atoms with Gasteiger partial charge in [0.15, 0.2) is 5.96 Å². The number of likely N-dealkylation sites (tertiary alicyclic amines) is 2. The van der Waals surface area contributed by atoms with E-state index in [1.54, 1.807) is 0 Å². The minimum absolute atomic E-state index is 0.0740. The van der Waals surface area contributed by atoms with Crippen LogP contribution in [0.5, 0.6) is 0 Å². The lowest BCUT2D eigenvalue weighted by Gasteiger charge is -2.25. The Bertz CT molecular complexity index is 477. The number of nitrogens with one attached hydrogen (secondary N) is 2. The standard InChI is InChI=1S/C20H39N5O/c1-6-21-20(22-12-18-8-7-10-24(18)13-15(2)3)23-17-9-11-25(14-17)19(26)16(4)5/h15-18H,6-14H2,1-5H3,(H2,21,22,23)/t17?,18-/m1/s1. The molecular formula is C20H39N5O. The van der Waals surface area contributed by atoms with Crippen LogP contribution < -0.4 is 10.6 Å². The molecule has 2 aliphatic heterocycles. The maximum absolute atomic E-state index is 12.2. The Morgan fingerprint density at radius 3 is 2.62 bits per heavy atom. The molecule has 2 saturated heterocycles. The summed E-state index contributed by atoms with van der Waals surface area (Å²) in [7, 11) is 0. The van der Waals surface area contributed by atoms with Gasteiger partial charge >= 0.3 is 0 Å². The number of hydrogen-bond donors (Lipinski definition) is 2. The van der Waals surface area contributed by atoms with Gasteiger partial charge in [0.1, 0.15) is 0 Å². The van der Waals surface area contributed by atoms with E-state index in [0.717, 1.165) is 38.6 Å². The van der Waals surface area contributed by atoms with Gasteiger partial charge in [0.2, 0.25) is 5.91 Å². The zero-order valence-electron chi connectivity index (χ0n) is 17.4. The summed E-state index contributed by atoms with van der Waals surface area (Å²) < 4.78 is 0. The van der Waals surface area contributed by atoms with E-state index in [9.17, 15) is 4.79 Å². The topological polar surface area (TPSA) is 60.0 Å². The van der Waals surface area contributed by atoms with Crippen molar-refractivity contribution in [2.75, 3.05) is 39.3 Å². The Balaban J connectivity index is 1.88. The number of nitrogens with zero attached hydrogens (tertiary/aromatic N) is 3. The molecule has 2 aliphatic rings. The van der Waals surface area contributed by atoms with Crippen molar-refractivity contribution in [1.29, 1.82) is 0 Å². The lowest BCUT2D eigenvalue weighted by Crippen LogP contribution is -2.46. The minimum atomic E-state index is 0.0740. The number of carbonyl (C=O) groups is 1. The molecule has 2 N–H and O–H groups in total. The number of amides is 1. The van der Waals surface area contributed by atoms with Crippen LogP contribution in [-0.2, 0) is 4.79 Å². The summed E-state index contributed by atoms with van der Waals surface area (Å²) in [5.74, 6) is 1.93. The predicted molar refractivity (Wildman–Crippen MR) is 108 cm³/mol. The van der Waals surface area contributed by atoms with Crippen LogP contribution in [0.1, 0.15) is 53.9 Å². The van der Waals surface area contributed by atoms with Crippen molar-refractivity contribution in [1.82, 2.24) is 20.4 Å². The third-order valence-corrected chi connectivity index (χ3v) is 5.24. The van der Waals surface area contributed by atoms with E-state index in [4.69, 9.17) is 4.99 Å². The molecule has 2 rings (SSSR count). The summed E-state index contributed by atoms with van der Waals surface area (Å²) in [4.78, 5) is 21.6. The van der Waals surface area contributed by atoms with Crippen molar-refractivity contribution in [2.24, 2.45) is 16.8 Å². The molecule has 0 aromatic carbocycles. The molecular weight excluding hydrogens is 326 g/mol. The lowest BCUT2D eigenvalue weighted by molar-refractivity contribution is -0.133. The summed E-state index contributed by atoms with van der Waals surface area (Å²) in [6, 6.07) is 0.862. The number of rotatable bonds is 7. The molecule has 0 aromatic heterocycles. The largest absolute Gasteiger partial charge is 0.357 e. The van der Waals surface area contributed by atoms with E-state index in [0.29, 0.717) is 18.0 Å². The van der Waals surface area contributed by atoms with Crippen LogP contribution in [0.4, 0.5) is 0 Å². The van der Waals surface area contributed by atoms with Gasteiger partial charge in [0.05, 0.1) is 6.54 Å². The maximum Gasteiger partial charge on any atom is 0.225 e. The van der Waals surface area contributed by atoms with Gasteiger partial charge in [-0.1, -0.05) is 27.7 Å². The van der Waals surface area contributed by atoms with Crippen molar-refractivity contribution >= 4 is 11.9 Å². The highest BCUT2D eigenvalue weighted by atomic mass is 16.2. The summed E-state index contributed by atoms with van der Waals surface area (Å²) in [6.45, 7) is 16.3. The highest BCUT2D eigenvalue weighted by Gasteiger charge is 2.28. The second kappa shape index (κ2) is 10.1. The average Bonchev–Trinajstić information content (AvgIpc) is 3.21. The fraction of sp³-hybridized carbons (Fsp3) is 0.900. The third kappa shape index (κ3) is 6.15. The molecule has 0 saturated carbocycles. The Morgan fingerprint density at radius 1 is 1.19 bits per heavy atom. The smallest absolute Gasteiger partial charge is 0.225 e. The van der Waals surface area contributed by atoms with Crippen molar-refractivity contribution in [2.45, 2.75) is 66.0 Å². The summed E-state index contributed by atoms with van der Waals surface area (Å²) in [6.07, 6.45) is 3.52. The van der Waals surface area contributed by atoms with Crippen LogP contribution in [0.15, 0.2) is 4.99 Å². The van der Waals surface area contributed by atoms with Crippen LogP contribution in [0.25, 0.3) is 0 Å². The van der Waals surface area contributed by atoms with Crippen molar-refractivity contribution in [3.63, 3.8) is 0 Å². The fourth-order valence-electron chi connectivity index (χ4n) is 3.96. The maximum atomic E-state index is 12.2. The first-order valence-corrected chi connectivity index (χ1v) is 10.5.